The predicted octanol–water partition coefficient (Wildman–Crippen LogP) is 7.03. The summed E-state index contributed by atoms with van der Waals surface area (Å²) in [5.41, 5.74) is -0.942. The SMILES string of the molecule is CCC(CCCOc1cc(-c2nc(C(=O)NCc3ccc(F)cc3F)c(C(C)NC(=O)OC(C)(C)C)o2)ccc1OC(F)F)C(=O)OOC. The van der Waals surface area contributed by atoms with Crippen LogP contribution >= 0.6 is 0 Å². The standard InChI is InChI=1S/C33H39F4N3O9/c1-7-19(30(42)49-44-6)9-8-14-45-25-15-20(11-13-24(25)46-31(36)37)29-40-26(27(47-29)18(2)39-32(43)48-33(3,4)5)28(41)38-17-21-10-12-22(34)16-23(21)35/h10-13,15-16,18-19,31H,7-9,14,17H2,1-6H3,(H,38,41)(H,39,43). The summed E-state index contributed by atoms with van der Waals surface area (Å²) in [5, 5.41) is 5.06. The van der Waals surface area contributed by atoms with Crippen molar-refractivity contribution in [1.29, 1.82) is 0 Å². The number of carbonyl (C=O) groups is 3. The number of hydrogen-bond donors (Lipinski definition) is 2. The zero-order chi connectivity index (χ0) is 36.3. The Labute approximate surface area is 280 Å². The maximum absolute atomic E-state index is 14.2. The van der Waals surface area contributed by atoms with Crippen molar-refractivity contribution >= 4 is 18.0 Å². The summed E-state index contributed by atoms with van der Waals surface area (Å²) in [5.74, 6) is -4.18. The molecule has 12 nitrogen and oxygen atoms in total. The number of oxazole rings is 1. The molecule has 2 unspecified atom stereocenters. The van der Waals surface area contributed by atoms with Gasteiger partial charge in [-0.3, -0.25) is 9.68 Å². The van der Waals surface area contributed by atoms with Crippen LogP contribution in [0.4, 0.5) is 22.4 Å². The number of carbonyl (C=O) groups excluding carboxylic acids is 3. The summed E-state index contributed by atoms with van der Waals surface area (Å²) in [6, 6.07) is 5.76. The predicted molar refractivity (Wildman–Crippen MR) is 165 cm³/mol. The Balaban J connectivity index is 1.91. The molecular formula is C33H39F4N3O9. The molecule has 16 heteroatoms. The molecule has 0 radical (unpaired) electrons. The molecule has 3 rings (SSSR count). The fraction of sp³-hybridized carbons (Fsp3) is 0.455. The Bertz CT molecular complexity index is 1590. The summed E-state index contributed by atoms with van der Waals surface area (Å²) < 4.78 is 75.6. The van der Waals surface area contributed by atoms with E-state index >= 15 is 0 Å². The van der Waals surface area contributed by atoms with Gasteiger partial charge in [0.05, 0.1) is 25.7 Å². The molecule has 0 bridgehead atoms. The zero-order valence-electron chi connectivity index (χ0n) is 27.9. The van der Waals surface area contributed by atoms with Gasteiger partial charge in [0, 0.05) is 23.7 Å². The largest absolute Gasteiger partial charge is 0.490 e. The van der Waals surface area contributed by atoms with Crippen LogP contribution in [-0.2, 0) is 25.9 Å². The van der Waals surface area contributed by atoms with E-state index in [2.05, 4.69) is 30.1 Å². The number of benzene rings is 2. The van der Waals surface area contributed by atoms with Crippen molar-refractivity contribution in [3.05, 3.63) is 65.1 Å². The number of nitrogens with one attached hydrogen (secondary N) is 2. The van der Waals surface area contributed by atoms with Gasteiger partial charge in [0.1, 0.15) is 17.2 Å². The molecule has 0 fully saturated rings. The molecular weight excluding hydrogens is 658 g/mol. The van der Waals surface area contributed by atoms with Crippen LogP contribution in [0.3, 0.4) is 0 Å². The van der Waals surface area contributed by atoms with Gasteiger partial charge in [0.15, 0.2) is 23.0 Å². The lowest BCUT2D eigenvalue weighted by Crippen LogP contribution is -2.34. The first-order valence-corrected chi connectivity index (χ1v) is 15.3. The minimum atomic E-state index is -3.17. The van der Waals surface area contributed by atoms with Crippen molar-refractivity contribution in [2.24, 2.45) is 5.92 Å². The Morgan fingerprint density at radius 2 is 1.78 bits per heavy atom. The third-order valence-corrected chi connectivity index (χ3v) is 6.80. The average molecular weight is 698 g/mol. The molecule has 2 atom stereocenters. The Morgan fingerprint density at radius 3 is 2.41 bits per heavy atom. The van der Waals surface area contributed by atoms with E-state index in [1.165, 1.54) is 38.3 Å². The van der Waals surface area contributed by atoms with Crippen LogP contribution in [0.25, 0.3) is 11.5 Å². The van der Waals surface area contributed by atoms with Gasteiger partial charge >= 0.3 is 18.7 Å². The van der Waals surface area contributed by atoms with Gasteiger partial charge in [-0.05, 0) is 71.2 Å². The molecule has 2 aromatic carbocycles. The third-order valence-electron chi connectivity index (χ3n) is 6.80. The summed E-state index contributed by atoms with van der Waals surface area (Å²) >= 11 is 0. The monoisotopic (exact) mass is 697 g/mol. The second kappa shape index (κ2) is 17.5. The normalized spacial score (nSPS) is 12.6. The molecule has 268 valence electrons. The van der Waals surface area contributed by atoms with Gasteiger partial charge in [-0.2, -0.15) is 13.7 Å². The van der Waals surface area contributed by atoms with E-state index in [0.717, 1.165) is 6.07 Å². The van der Waals surface area contributed by atoms with E-state index in [0.29, 0.717) is 25.3 Å². The number of nitrogens with zero attached hydrogens (tertiary/aromatic N) is 1. The minimum Gasteiger partial charge on any atom is -0.490 e. The van der Waals surface area contributed by atoms with Crippen molar-refractivity contribution in [1.82, 2.24) is 15.6 Å². The number of halogens is 4. The molecule has 2 amide bonds. The first-order chi connectivity index (χ1) is 23.1. The smallest absolute Gasteiger partial charge is 0.408 e. The molecule has 0 saturated heterocycles. The fourth-order valence-corrected chi connectivity index (χ4v) is 4.48. The van der Waals surface area contributed by atoms with Gasteiger partial charge in [-0.1, -0.05) is 13.0 Å². The lowest BCUT2D eigenvalue weighted by atomic mass is 10.0. The number of ether oxygens (including phenoxy) is 3. The zero-order valence-corrected chi connectivity index (χ0v) is 27.9. The quantitative estimate of drug-likeness (QED) is 0.0692. The van der Waals surface area contributed by atoms with Gasteiger partial charge in [-0.25, -0.2) is 23.4 Å². The van der Waals surface area contributed by atoms with Crippen molar-refractivity contribution in [2.75, 3.05) is 13.7 Å². The molecule has 0 aliphatic rings. The summed E-state index contributed by atoms with van der Waals surface area (Å²) in [6.45, 7) is 4.79. The van der Waals surface area contributed by atoms with Crippen LogP contribution in [0, 0.1) is 17.6 Å². The highest BCUT2D eigenvalue weighted by Crippen LogP contribution is 2.35. The molecule has 1 aromatic heterocycles. The van der Waals surface area contributed by atoms with Gasteiger partial charge < -0.3 is 29.3 Å². The summed E-state index contributed by atoms with van der Waals surface area (Å²) in [4.78, 5) is 51.1. The van der Waals surface area contributed by atoms with Gasteiger partial charge in [-0.15, -0.1) is 0 Å². The number of alkyl halides is 2. The second-order valence-electron chi connectivity index (χ2n) is 11.7. The number of aromatic nitrogens is 1. The second-order valence-corrected chi connectivity index (χ2v) is 11.7. The highest BCUT2D eigenvalue weighted by molar-refractivity contribution is 5.94. The number of amides is 2. The van der Waals surface area contributed by atoms with Crippen LogP contribution in [0.2, 0.25) is 0 Å². The Kier molecular flexibility index (Phi) is 13.8. The van der Waals surface area contributed by atoms with E-state index in [1.54, 1.807) is 27.7 Å². The van der Waals surface area contributed by atoms with Gasteiger partial charge in [0.25, 0.3) is 5.91 Å². The van der Waals surface area contributed by atoms with E-state index in [9.17, 15) is 31.9 Å². The van der Waals surface area contributed by atoms with E-state index < -0.39 is 53.8 Å². The van der Waals surface area contributed by atoms with Crippen molar-refractivity contribution in [3.8, 4) is 23.0 Å². The van der Waals surface area contributed by atoms with Crippen LogP contribution in [0.1, 0.15) is 81.7 Å². The molecule has 0 aliphatic carbocycles. The minimum absolute atomic E-state index is 0.00108. The molecule has 1 heterocycles. The highest BCUT2D eigenvalue weighted by Gasteiger charge is 2.28. The van der Waals surface area contributed by atoms with Crippen LogP contribution in [0.5, 0.6) is 11.5 Å². The summed E-state index contributed by atoms with van der Waals surface area (Å²) in [6.07, 6.45) is 0.351. The topological polar surface area (TPSA) is 147 Å². The maximum atomic E-state index is 14.2. The van der Waals surface area contributed by atoms with E-state index in [-0.39, 0.29) is 53.1 Å². The molecule has 0 aliphatic heterocycles. The number of hydrogen-bond acceptors (Lipinski definition) is 10. The lowest BCUT2D eigenvalue weighted by Gasteiger charge is -2.21. The first kappa shape index (κ1) is 38.6. The number of rotatable bonds is 16. The van der Waals surface area contributed by atoms with Crippen molar-refractivity contribution < 1.29 is 60.3 Å². The third kappa shape index (κ3) is 11.7. The fourth-order valence-electron chi connectivity index (χ4n) is 4.48. The first-order valence-electron chi connectivity index (χ1n) is 15.3. The van der Waals surface area contributed by atoms with E-state index in [4.69, 9.17) is 13.9 Å². The van der Waals surface area contributed by atoms with Crippen LogP contribution in [-0.4, -0.2) is 48.9 Å². The van der Waals surface area contributed by atoms with Crippen molar-refractivity contribution in [3.63, 3.8) is 0 Å². The Hall–Kier alpha value is -4.86. The molecule has 49 heavy (non-hydrogen) atoms. The summed E-state index contributed by atoms with van der Waals surface area (Å²) in [7, 11) is 1.21. The van der Waals surface area contributed by atoms with Gasteiger partial charge in [0.2, 0.25) is 5.89 Å². The molecule has 0 spiro atoms. The molecule has 0 saturated carbocycles. The highest BCUT2D eigenvalue weighted by atomic mass is 19.3. The Morgan fingerprint density at radius 1 is 1.04 bits per heavy atom. The van der Waals surface area contributed by atoms with Crippen LogP contribution in [0.15, 0.2) is 40.8 Å². The molecule has 3 aromatic rings. The van der Waals surface area contributed by atoms with Crippen LogP contribution < -0.4 is 20.1 Å². The molecule has 2 N–H and O–H groups in total. The lowest BCUT2D eigenvalue weighted by molar-refractivity contribution is -0.259. The van der Waals surface area contributed by atoms with Crippen molar-refractivity contribution in [2.45, 2.75) is 78.7 Å². The number of alkyl carbamates (subject to hydrolysis) is 1. The van der Waals surface area contributed by atoms with E-state index in [1.807, 2.05) is 0 Å². The average Bonchev–Trinajstić information content (AvgIpc) is 3.46. The maximum Gasteiger partial charge on any atom is 0.408 e.